The van der Waals surface area contributed by atoms with Crippen molar-refractivity contribution in [1.82, 2.24) is 14.8 Å². The van der Waals surface area contributed by atoms with Crippen LogP contribution in [0.3, 0.4) is 0 Å². The van der Waals surface area contributed by atoms with Crippen LogP contribution >= 0.6 is 0 Å². The zero-order valence-electron chi connectivity index (χ0n) is 22.0. The first kappa shape index (κ1) is 25.2. The number of carbonyl (C=O) groups is 1. The van der Waals surface area contributed by atoms with E-state index in [0.29, 0.717) is 13.0 Å². The van der Waals surface area contributed by atoms with Gasteiger partial charge in [-0.1, -0.05) is 67.6 Å². The lowest BCUT2D eigenvalue weighted by Gasteiger charge is -2.43. The first-order valence-corrected chi connectivity index (χ1v) is 13.3. The second-order valence-electron chi connectivity index (χ2n) is 10.4. The first-order chi connectivity index (χ1) is 17.9. The summed E-state index contributed by atoms with van der Waals surface area (Å²) in [7, 11) is 4.14. The Balaban J connectivity index is 1.51. The van der Waals surface area contributed by atoms with E-state index < -0.39 is 0 Å². The molecule has 0 saturated carbocycles. The quantitative estimate of drug-likeness (QED) is 0.297. The summed E-state index contributed by atoms with van der Waals surface area (Å²) in [6.45, 7) is 2.87. The molecule has 0 spiro atoms. The van der Waals surface area contributed by atoms with Crippen molar-refractivity contribution < 1.29 is 9.18 Å². The molecular formula is C32H36FN3O. The number of fused-ring (bicyclic) bond motifs is 3. The van der Waals surface area contributed by atoms with Crippen LogP contribution in [0, 0.1) is 5.82 Å². The van der Waals surface area contributed by atoms with E-state index in [4.69, 9.17) is 0 Å². The largest absolute Gasteiger partial charge is 0.356 e. The molecule has 4 nitrogen and oxygen atoms in total. The second-order valence-corrected chi connectivity index (χ2v) is 10.4. The van der Waals surface area contributed by atoms with Crippen LogP contribution in [0.5, 0.6) is 0 Å². The molecule has 1 aliphatic rings. The molecule has 2 unspecified atom stereocenters. The average molecular weight is 498 g/mol. The number of nitrogens with one attached hydrogen (secondary N) is 1. The van der Waals surface area contributed by atoms with Gasteiger partial charge < -0.3 is 9.88 Å². The zero-order valence-corrected chi connectivity index (χ0v) is 22.0. The van der Waals surface area contributed by atoms with E-state index in [1.54, 1.807) is 12.1 Å². The number of hydrogen-bond donors (Lipinski definition) is 1. The molecule has 192 valence electrons. The van der Waals surface area contributed by atoms with Gasteiger partial charge in [-0.25, -0.2) is 4.39 Å². The van der Waals surface area contributed by atoms with Crippen molar-refractivity contribution in [2.75, 3.05) is 20.6 Å². The topological polar surface area (TPSA) is 39.3 Å². The zero-order chi connectivity index (χ0) is 26.0. The molecule has 4 aromatic rings. The Morgan fingerprint density at radius 3 is 2.54 bits per heavy atom. The Bertz CT molecular complexity index is 1380. The Hall–Kier alpha value is -3.44. The number of amides is 1. The summed E-state index contributed by atoms with van der Waals surface area (Å²) in [5.74, 6) is -0.0642. The summed E-state index contributed by atoms with van der Waals surface area (Å²) in [5.41, 5.74) is 5.27. The number of para-hydroxylation sites is 1. The molecule has 1 N–H and O–H groups in total. The Morgan fingerprint density at radius 2 is 1.81 bits per heavy atom. The van der Waals surface area contributed by atoms with Gasteiger partial charge in [-0.05, 0) is 74.7 Å². The van der Waals surface area contributed by atoms with Crippen LogP contribution in [0.4, 0.5) is 4.39 Å². The molecule has 1 aliphatic heterocycles. The predicted molar refractivity (Wildman–Crippen MR) is 148 cm³/mol. The fourth-order valence-electron chi connectivity index (χ4n) is 6.27. The maximum Gasteiger partial charge on any atom is 0.227 e. The molecule has 1 amide bonds. The number of hydrogen-bond acceptors (Lipinski definition) is 2. The van der Waals surface area contributed by atoms with Gasteiger partial charge in [0.15, 0.2) is 0 Å². The van der Waals surface area contributed by atoms with Gasteiger partial charge >= 0.3 is 0 Å². The molecule has 5 rings (SSSR count). The lowest BCUT2D eigenvalue weighted by atomic mass is 9.79. The van der Waals surface area contributed by atoms with E-state index in [1.807, 2.05) is 36.4 Å². The summed E-state index contributed by atoms with van der Waals surface area (Å²) in [6, 6.07) is 25.3. The van der Waals surface area contributed by atoms with E-state index in [2.05, 4.69) is 60.1 Å². The number of rotatable bonds is 8. The standard InChI is InChI=1S/C32H36FN3O/c1-4-32(35(2)3,24-13-10-14-25(33)22-24)19-17-29-31-27(26-15-8-9-16-28(26)34-31)18-20-36(29)30(37)21-23-11-6-5-7-12-23/h5-16,22,29,34H,4,17-21H2,1-3H3. The van der Waals surface area contributed by atoms with E-state index in [1.165, 1.54) is 17.0 Å². The van der Waals surface area contributed by atoms with E-state index in [-0.39, 0.29) is 23.3 Å². The summed E-state index contributed by atoms with van der Waals surface area (Å²) < 4.78 is 14.3. The van der Waals surface area contributed by atoms with Gasteiger partial charge in [0.05, 0.1) is 12.5 Å². The number of aromatic amines is 1. The molecule has 0 aliphatic carbocycles. The normalized spacial score (nSPS) is 17.1. The van der Waals surface area contributed by atoms with Crippen molar-refractivity contribution >= 4 is 16.8 Å². The number of halogens is 1. The fraction of sp³-hybridized carbons (Fsp3) is 0.344. The minimum absolute atomic E-state index is 0.0632. The number of nitrogens with zero attached hydrogens (tertiary/aromatic N) is 2. The summed E-state index contributed by atoms with van der Waals surface area (Å²) in [4.78, 5) is 21.7. The third-order valence-corrected chi connectivity index (χ3v) is 8.31. The Morgan fingerprint density at radius 1 is 1.05 bits per heavy atom. The summed E-state index contributed by atoms with van der Waals surface area (Å²) in [6.07, 6.45) is 3.65. The molecule has 0 bridgehead atoms. The van der Waals surface area contributed by atoms with E-state index in [0.717, 1.165) is 48.0 Å². The molecular weight excluding hydrogens is 461 g/mol. The maximum atomic E-state index is 14.3. The molecule has 1 aromatic heterocycles. The van der Waals surface area contributed by atoms with Crippen molar-refractivity contribution in [3.05, 3.63) is 107 Å². The third kappa shape index (κ3) is 4.80. The van der Waals surface area contributed by atoms with Crippen LogP contribution in [0.2, 0.25) is 0 Å². The smallest absolute Gasteiger partial charge is 0.227 e. The molecule has 5 heteroatoms. The molecule has 2 atom stereocenters. The monoisotopic (exact) mass is 497 g/mol. The van der Waals surface area contributed by atoms with Crippen molar-refractivity contribution in [1.29, 1.82) is 0 Å². The lowest BCUT2D eigenvalue weighted by Crippen LogP contribution is -2.44. The van der Waals surface area contributed by atoms with Gasteiger partial charge in [0.25, 0.3) is 0 Å². The van der Waals surface area contributed by atoms with Crippen LogP contribution in [0.25, 0.3) is 10.9 Å². The number of carbonyl (C=O) groups excluding carboxylic acids is 1. The first-order valence-electron chi connectivity index (χ1n) is 13.3. The van der Waals surface area contributed by atoms with Gasteiger partial charge in [0.1, 0.15) is 5.82 Å². The minimum atomic E-state index is -0.333. The highest BCUT2D eigenvalue weighted by Gasteiger charge is 2.38. The van der Waals surface area contributed by atoms with Crippen molar-refractivity contribution in [2.45, 2.75) is 50.6 Å². The van der Waals surface area contributed by atoms with E-state index in [9.17, 15) is 9.18 Å². The average Bonchev–Trinajstić information content (AvgIpc) is 3.29. The molecule has 2 heterocycles. The second kappa shape index (κ2) is 10.5. The predicted octanol–water partition coefficient (Wildman–Crippen LogP) is 6.62. The van der Waals surface area contributed by atoms with Crippen LogP contribution < -0.4 is 0 Å². The Kier molecular flexibility index (Phi) is 7.16. The van der Waals surface area contributed by atoms with Gasteiger partial charge in [0, 0.05) is 28.7 Å². The van der Waals surface area contributed by atoms with Crippen LogP contribution in [0.15, 0.2) is 78.9 Å². The lowest BCUT2D eigenvalue weighted by molar-refractivity contribution is -0.133. The van der Waals surface area contributed by atoms with Gasteiger partial charge in [0.2, 0.25) is 5.91 Å². The number of aromatic nitrogens is 1. The fourth-order valence-corrected chi connectivity index (χ4v) is 6.27. The highest BCUT2D eigenvalue weighted by Crippen LogP contribution is 2.42. The van der Waals surface area contributed by atoms with Crippen molar-refractivity contribution in [3.8, 4) is 0 Å². The highest BCUT2D eigenvalue weighted by atomic mass is 19.1. The van der Waals surface area contributed by atoms with E-state index >= 15 is 0 Å². The maximum absolute atomic E-state index is 14.3. The molecule has 3 aromatic carbocycles. The molecule has 0 radical (unpaired) electrons. The molecule has 37 heavy (non-hydrogen) atoms. The Labute approximate surface area is 219 Å². The highest BCUT2D eigenvalue weighted by molar-refractivity contribution is 5.86. The van der Waals surface area contributed by atoms with Crippen molar-refractivity contribution in [3.63, 3.8) is 0 Å². The van der Waals surface area contributed by atoms with Crippen LogP contribution in [-0.2, 0) is 23.2 Å². The van der Waals surface area contributed by atoms with Gasteiger partial charge in [-0.3, -0.25) is 9.69 Å². The molecule has 0 saturated heterocycles. The SMILES string of the molecule is CCC(CCC1c2[nH]c3ccccc3c2CCN1C(=O)Cc1ccccc1)(c1cccc(F)c1)N(C)C. The minimum Gasteiger partial charge on any atom is -0.356 e. The van der Waals surface area contributed by atoms with Crippen LogP contribution in [0.1, 0.15) is 54.6 Å². The van der Waals surface area contributed by atoms with Gasteiger partial charge in [-0.2, -0.15) is 0 Å². The molecule has 0 fully saturated rings. The van der Waals surface area contributed by atoms with Crippen molar-refractivity contribution in [2.24, 2.45) is 0 Å². The number of H-pyrrole nitrogens is 1. The third-order valence-electron chi connectivity index (χ3n) is 8.31. The van der Waals surface area contributed by atoms with Crippen LogP contribution in [-0.4, -0.2) is 41.3 Å². The van der Waals surface area contributed by atoms with Gasteiger partial charge in [-0.15, -0.1) is 0 Å². The summed E-state index contributed by atoms with van der Waals surface area (Å²) >= 11 is 0. The summed E-state index contributed by atoms with van der Waals surface area (Å²) in [5, 5.41) is 1.25. The number of benzene rings is 3.